The van der Waals surface area contributed by atoms with Crippen molar-refractivity contribution in [3.8, 4) is 6.07 Å². The Morgan fingerprint density at radius 3 is 2.94 bits per heavy atom. The number of nitriles is 1. The molecule has 2 heteroatoms. The fourth-order valence-corrected chi connectivity index (χ4v) is 3.65. The van der Waals surface area contributed by atoms with Gasteiger partial charge in [0.15, 0.2) is 0 Å². The first-order valence-corrected chi connectivity index (χ1v) is 6.53. The Hall–Kier alpha value is -1.33. The Bertz CT molecular complexity index is 498. The maximum Gasteiger partial charge on any atom is 0.0994 e. The van der Waals surface area contributed by atoms with E-state index in [0.29, 0.717) is 6.04 Å². The summed E-state index contributed by atoms with van der Waals surface area (Å²) in [6.45, 7) is 2.16. The van der Waals surface area contributed by atoms with Crippen LogP contribution in [0.2, 0.25) is 0 Å². The second-order valence-corrected chi connectivity index (χ2v) is 5.25. The van der Waals surface area contributed by atoms with Crippen LogP contribution in [0.3, 0.4) is 0 Å². The molecule has 0 aromatic heterocycles. The predicted octanol–water partition coefficient (Wildman–Crippen LogP) is 2.81. The van der Waals surface area contributed by atoms with Crippen LogP contribution in [0.1, 0.15) is 48.1 Å². The van der Waals surface area contributed by atoms with Crippen molar-refractivity contribution < 1.29 is 0 Å². The molecule has 1 aromatic carbocycles. The largest absolute Gasteiger partial charge is 0.296 e. The van der Waals surface area contributed by atoms with E-state index in [1.54, 1.807) is 0 Å². The normalized spacial score (nSPS) is 26.6. The highest BCUT2D eigenvalue weighted by Crippen LogP contribution is 2.44. The van der Waals surface area contributed by atoms with Crippen molar-refractivity contribution in [2.75, 3.05) is 7.05 Å². The van der Waals surface area contributed by atoms with Gasteiger partial charge in [0.2, 0.25) is 0 Å². The summed E-state index contributed by atoms with van der Waals surface area (Å²) in [4.78, 5) is 2.52. The molecule has 2 aliphatic heterocycles. The summed E-state index contributed by atoms with van der Waals surface area (Å²) in [7, 11) is 2.24. The number of nitrogens with zero attached hydrogens (tertiary/aromatic N) is 2. The lowest BCUT2D eigenvalue weighted by molar-refractivity contribution is 0.223. The number of hydrogen-bond donors (Lipinski definition) is 0. The molecule has 88 valence electrons. The zero-order valence-electron chi connectivity index (χ0n) is 10.5. The van der Waals surface area contributed by atoms with Crippen LogP contribution in [0.4, 0.5) is 0 Å². The molecule has 0 amide bonds. The standard InChI is InChI=1S/C15H18N2/c1-3-13-11(9-16)5-4-10-8-12-6-7-14(15(10)13)17(12)2/h4-5,12,14H,3,6-8H2,1-2H3. The lowest BCUT2D eigenvalue weighted by Gasteiger charge is -2.35. The average molecular weight is 226 g/mol. The van der Waals surface area contributed by atoms with Crippen LogP contribution in [0.5, 0.6) is 0 Å². The Labute approximate surface area is 103 Å². The van der Waals surface area contributed by atoms with Crippen molar-refractivity contribution in [2.45, 2.75) is 44.7 Å². The quantitative estimate of drug-likeness (QED) is 0.736. The smallest absolute Gasteiger partial charge is 0.0994 e. The summed E-state index contributed by atoms with van der Waals surface area (Å²) < 4.78 is 0. The van der Waals surface area contributed by atoms with Crippen molar-refractivity contribution in [3.05, 3.63) is 34.4 Å². The monoisotopic (exact) mass is 226 g/mol. The van der Waals surface area contributed by atoms with E-state index in [2.05, 4.69) is 31.0 Å². The molecule has 2 nitrogen and oxygen atoms in total. The van der Waals surface area contributed by atoms with E-state index in [0.717, 1.165) is 18.0 Å². The molecule has 2 unspecified atom stereocenters. The second kappa shape index (κ2) is 3.85. The Balaban J connectivity index is 2.21. The summed E-state index contributed by atoms with van der Waals surface area (Å²) in [6, 6.07) is 7.84. The van der Waals surface area contributed by atoms with Crippen LogP contribution in [-0.4, -0.2) is 18.0 Å². The zero-order valence-corrected chi connectivity index (χ0v) is 10.5. The molecule has 1 aromatic rings. The number of hydrogen-bond acceptors (Lipinski definition) is 2. The third-order valence-electron chi connectivity index (χ3n) is 4.55. The Morgan fingerprint density at radius 2 is 2.24 bits per heavy atom. The Kier molecular flexibility index (Phi) is 2.45. The summed E-state index contributed by atoms with van der Waals surface area (Å²) in [5, 5.41) is 9.22. The van der Waals surface area contributed by atoms with E-state index in [1.165, 1.54) is 36.0 Å². The molecule has 0 spiro atoms. The van der Waals surface area contributed by atoms with Crippen LogP contribution in [0, 0.1) is 11.3 Å². The highest BCUT2D eigenvalue weighted by Gasteiger charge is 2.38. The average Bonchev–Trinajstić information content (AvgIpc) is 2.61. The third kappa shape index (κ3) is 1.42. The molecule has 1 saturated heterocycles. The van der Waals surface area contributed by atoms with Crippen LogP contribution >= 0.6 is 0 Å². The van der Waals surface area contributed by atoms with Crippen molar-refractivity contribution >= 4 is 0 Å². The van der Waals surface area contributed by atoms with Gasteiger partial charge < -0.3 is 0 Å². The summed E-state index contributed by atoms with van der Waals surface area (Å²) in [6.07, 6.45) is 4.71. The topological polar surface area (TPSA) is 27.0 Å². The van der Waals surface area contributed by atoms with Gasteiger partial charge in [-0.05, 0) is 55.5 Å². The minimum absolute atomic E-state index is 0.562. The predicted molar refractivity (Wildman–Crippen MR) is 67.8 cm³/mol. The first kappa shape index (κ1) is 10.8. The summed E-state index contributed by atoms with van der Waals surface area (Å²) in [5.41, 5.74) is 5.14. The van der Waals surface area contributed by atoms with E-state index < -0.39 is 0 Å². The maximum atomic E-state index is 9.22. The van der Waals surface area contributed by atoms with E-state index in [-0.39, 0.29) is 0 Å². The van der Waals surface area contributed by atoms with Crippen molar-refractivity contribution in [1.82, 2.24) is 4.90 Å². The molecular formula is C15H18N2. The molecule has 2 atom stereocenters. The fraction of sp³-hybridized carbons (Fsp3) is 0.533. The van der Waals surface area contributed by atoms with Gasteiger partial charge in [-0.15, -0.1) is 0 Å². The molecular weight excluding hydrogens is 208 g/mol. The van der Waals surface area contributed by atoms with Crippen LogP contribution < -0.4 is 0 Å². The molecule has 1 fully saturated rings. The lowest BCUT2D eigenvalue weighted by atomic mass is 9.86. The number of benzene rings is 1. The van der Waals surface area contributed by atoms with Crippen LogP contribution in [-0.2, 0) is 12.8 Å². The Morgan fingerprint density at radius 1 is 1.41 bits per heavy atom. The number of likely N-dealkylation sites (N-methyl/N-ethyl adjacent to an activating group) is 1. The fourth-order valence-electron chi connectivity index (χ4n) is 3.65. The molecule has 2 aliphatic rings. The van der Waals surface area contributed by atoms with E-state index in [4.69, 9.17) is 0 Å². The van der Waals surface area contributed by atoms with Gasteiger partial charge in [-0.1, -0.05) is 13.0 Å². The van der Waals surface area contributed by atoms with Gasteiger partial charge in [0, 0.05) is 12.1 Å². The molecule has 0 N–H and O–H groups in total. The molecule has 2 bridgehead atoms. The molecule has 0 aliphatic carbocycles. The molecule has 3 rings (SSSR count). The first-order valence-electron chi connectivity index (χ1n) is 6.53. The van der Waals surface area contributed by atoms with E-state index in [1.807, 2.05) is 6.07 Å². The molecule has 0 radical (unpaired) electrons. The second-order valence-electron chi connectivity index (χ2n) is 5.25. The number of rotatable bonds is 1. The van der Waals surface area contributed by atoms with Crippen LogP contribution in [0.25, 0.3) is 0 Å². The van der Waals surface area contributed by atoms with Gasteiger partial charge >= 0.3 is 0 Å². The van der Waals surface area contributed by atoms with Gasteiger partial charge in [-0.3, -0.25) is 4.90 Å². The molecule has 2 heterocycles. The van der Waals surface area contributed by atoms with Crippen molar-refractivity contribution in [1.29, 1.82) is 5.26 Å². The van der Waals surface area contributed by atoms with E-state index >= 15 is 0 Å². The van der Waals surface area contributed by atoms with Crippen molar-refractivity contribution in [3.63, 3.8) is 0 Å². The lowest BCUT2D eigenvalue weighted by Crippen LogP contribution is -2.34. The first-order chi connectivity index (χ1) is 8.26. The van der Waals surface area contributed by atoms with E-state index in [9.17, 15) is 5.26 Å². The zero-order chi connectivity index (χ0) is 12.0. The van der Waals surface area contributed by atoms with Gasteiger partial charge in [0.05, 0.1) is 11.6 Å². The van der Waals surface area contributed by atoms with Gasteiger partial charge in [-0.2, -0.15) is 5.26 Å². The highest BCUT2D eigenvalue weighted by molar-refractivity contribution is 5.50. The summed E-state index contributed by atoms with van der Waals surface area (Å²) in [5.74, 6) is 0. The molecule has 17 heavy (non-hydrogen) atoms. The third-order valence-corrected chi connectivity index (χ3v) is 4.55. The minimum atomic E-state index is 0.562. The minimum Gasteiger partial charge on any atom is -0.296 e. The number of fused-ring (bicyclic) bond motifs is 4. The van der Waals surface area contributed by atoms with Crippen LogP contribution in [0.15, 0.2) is 12.1 Å². The summed E-state index contributed by atoms with van der Waals surface area (Å²) >= 11 is 0. The SMILES string of the molecule is CCc1c(C#N)ccc2c1C1CCC(C2)N1C. The molecule has 0 saturated carbocycles. The highest BCUT2D eigenvalue weighted by atomic mass is 15.2. The van der Waals surface area contributed by atoms with Crippen molar-refractivity contribution in [2.24, 2.45) is 0 Å². The van der Waals surface area contributed by atoms with Gasteiger partial charge in [0.25, 0.3) is 0 Å². The van der Waals surface area contributed by atoms with Gasteiger partial charge in [0.1, 0.15) is 0 Å². The maximum absolute atomic E-state index is 9.22. The van der Waals surface area contributed by atoms with Gasteiger partial charge in [-0.25, -0.2) is 0 Å².